The van der Waals surface area contributed by atoms with Gasteiger partial charge in [0.15, 0.2) is 0 Å². The van der Waals surface area contributed by atoms with Gasteiger partial charge in [-0.15, -0.1) is 12.3 Å². The molecule has 1 aromatic rings. The minimum absolute atomic E-state index is 0.159. The molecule has 0 aromatic carbocycles. The number of carbonyl (C=O) groups is 1. The number of pyridine rings is 1. The molecule has 0 radical (unpaired) electrons. The van der Waals surface area contributed by atoms with E-state index in [0.717, 1.165) is 25.2 Å². The number of morpholine rings is 1. The first-order valence-corrected chi connectivity index (χ1v) is 7.68. The number of unbranched alkanes of at least 4 members (excludes halogenated alkanes) is 1. The number of hydrogen-bond donors (Lipinski definition) is 1. The van der Waals surface area contributed by atoms with Gasteiger partial charge in [0.05, 0.1) is 12.2 Å². The van der Waals surface area contributed by atoms with E-state index in [2.05, 4.69) is 35.0 Å². The van der Waals surface area contributed by atoms with E-state index in [4.69, 9.17) is 11.2 Å². The first-order chi connectivity index (χ1) is 10.6. The SMILES string of the molecule is C#CCCCNC(=O)c1cc(N2C[C@@H](C)O[C@H](C)C2)ccn1. The Morgan fingerprint density at radius 2 is 2.23 bits per heavy atom. The van der Waals surface area contributed by atoms with Crippen LogP contribution in [-0.2, 0) is 4.74 Å². The maximum atomic E-state index is 12.1. The monoisotopic (exact) mass is 301 g/mol. The van der Waals surface area contributed by atoms with E-state index in [1.54, 1.807) is 6.20 Å². The highest BCUT2D eigenvalue weighted by atomic mass is 16.5. The van der Waals surface area contributed by atoms with Gasteiger partial charge in [-0.05, 0) is 32.4 Å². The smallest absolute Gasteiger partial charge is 0.269 e. The summed E-state index contributed by atoms with van der Waals surface area (Å²) in [5.74, 6) is 2.40. The molecule has 1 aliphatic rings. The maximum Gasteiger partial charge on any atom is 0.269 e. The molecule has 1 saturated heterocycles. The molecule has 0 spiro atoms. The van der Waals surface area contributed by atoms with Gasteiger partial charge >= 0.3 is 0 Å². The van der Waals surface area contributed by atoms with Crippen LogP contribution in [0.25, 0.3) is 0 Å². The second-order valence-electron chi connectivity index (χ2n) is 5.63. The molecule has 2 atom stereocenters. The predicted molar refractivity (Wildman–Crippen MR) is 86.9 cm³/mol. The fourth-order valence-corrected chi connectivity index (χ4v) is 2.61. The van der Waals surface area contributed by atoms with Crippen LogP contribution >= 0.6 is 0 Å². The van der Waals surface area contributed by atoms with Crippen molar-refractivity contribution in [3.63, 3.8) is 0 Å². The molecular weight excluding hydrogens is 278 g/mol. The van der Waals surface area contributed by atoms with Crippen LogP contribution in [0.1, 0.15) is 37.2 Å². The summed E-state index contributed by atoms with van der Waals surface area (Å²) in [5, 5.41) is 2.84. The first kappa shape index (κ1) is 16.3. The van der Waals surface area contributed by atoms with Crippen LogP contribution in [0.5, 0.6) is 0 Å². The Kier molecular flexibility index (Phi) is 5.79. The van der Waals surface area contributed by atoms with Gasteiger partial charge in [0.1, 0.15) is 5.69 Å². The van der Waals surface area contributed by atoms with E-state index >= 15 is 0 Å². The van der Waals surface area contributed by atoms with E-state index < -0.39 is 0 Å². The minimum Gasteiger partial charge on any atom is -0.372 e. The molecule has 0 saturated carbocycles. The predicted octanol–water partition coefficient (Wildman–Crippen LogP) is 1.84. The summed E-state index contributed by atoms with van der Waals surface area (Å²) in [4.78, 5) is 18.5. The number of hydrogen-bond acceptors (Lipinski definition) is 4. The van der Waals surface area contributed by atoms with Crippen molar-refractivity contribution in [3.8, 4) is 12.3 Å². The summed E-state index contributed by atoms with van der Waals surface area (Å²) in [6.07, 6.45) is 8.67. The summed E-state index contributed by atoms with van der Waals surface area (Å²) in [5.41, 5.74) is 1.44. The van der Waals surface area contributed by atoms with Gasteiger partial charge in [-0.3, -0.25) is 9.78 Å². The highest BCUT2D eigenvalue weighted by Crippen LogP contribution is 2.20. The summed E-state index contributed by atoms with van der Waals surface area (Å²) < 4.78 is 5.74. The minimum atomic E-state index is -0.159. The van der Waals surface area contributed by atoms with Crippen molar-refractivity contribution >= 4 is 11.6 Å². The lowest BCUT2D eigenvalue weighted by Gasteiger charge is -2.36. The van der Waals surface area contributed by atoms with Gasteiger partial charge in [-0.2, -0.15) is 0 Å². The molecule has 1 fully saturated rings. The van der Waals surface area contributed by atoms with Crippen LogP contribution in [0, 0.1) is 12.3 Å². The second-order valence-corrected chi connectivity index (χ2v) is 5.63. The average molecular weight is 301 g/mol. The number of nitrogens with one attached hydrogen (secondary N) is 1. The lowest BCUT2D eigenvalue weighted by atomic mass is 10.2. The molecule has 1 aliphatic heterocycles. The summed E-state index contributed by atoms with van der Waals surface area (Å²) in [6, 6.07) is 3.77. The van der Waals surface area contributed by atoms with Crippen LogP contribution < -0.4 is 10.2 Å². The lowest BCUT2D eigenvalue weighted by Crippen LogP contribution is -2.45. The molecule has 5 nitrogen and oxygen atoms in total. The standard InChI is InChI=1S/C17H23N3O2/c1-4-5-6-8-19-17(21)16-10-15(7-9-18-16)20-11-13(2)22-14(3)12-20/h1,7,9-10,13-14H,5-6,8,11-12H2,2-3H3,(H,19,21)/t13-,14-/m1/s1. The highest BCUT2D eigenvalue weighted by Gasteiger charge is 2.23. The molecule has 5 heteroatoms. The second kappa shape index (κ2) is 7.81. The van der Waals surface area contributed by atoms with Crippen molar-refractivity contribution in [1.29, 1.82) is 0 Å². The van der Waals surface area contributed by atoms with Crippen LogP contribution in [0.2, 0.25) is 0 Å². The van der Waals surface area contributed by atoms with Gasteiger partial charge in [0.25, 0.3) is 5.91 Å². The Morgan fingerprint density at radius 3 is 2.91 bits per heavy atom. The van der Waals surface area contributed by atoms with Crippen molar-refractivity contribution in [1.82, 2.24) is 10.3 Å². The molecule has 0 unspecified atom stereocenters. The highest BCUT2D eigenvalue weighted by molar-refractivity contribution is 5.93. The largest absolute Gasteiger partial charge is 0.372 e. The Labute approximate surface area is 132 Å². The zero-order valence-electron chi connectivity index (χ0n) is 13.2. The fraction of sp³-hybridized carbons (Fsp3) is 0.529. The lowest BCUT2D eigenvalue weighted by molar-refractivity contribution is -0.00522. The number of amides is 1. The number of anilines is 1. The van der Waals surface area contributed by atoms with Crippen molar-refractivity contribution in [2.45, 2.75) is 38.9 Å². The van der Waals surface area contributed by atoms with E-state index in [-0.39, 0.29) is 18.1 Å². The van der Waals surface area contributed by atoms with Gasteiger partial charge < -0.3 is 15.0 Å². The van der Waals surface area contributed by atoms with E-state index in [1.165, 1.54) is 0 Å². The Hall–Kier alpha value is -2.06. The number of terminal acetylenes is 1. The third kappa shape index (κ3) is 4.47. The van der Waals surface area contributed by atoms with Crippen molar-refractivity contribution in [2.24, 2.45) is 0 Å². The molecule has 1 N–H and O–H groups in total. The topological polar surface area (TPSA) is 54.5 Å². The number of carbonyl (C=O) groups excluding carboxylic acids is 1. The molecule has 118 valence electrons. The molecular formula is C17H23N3O2. The van der Waals surface area contributed by atoms with Gasteiger partial charge in [0.2, 0.25) is 0 Å². The van der Waals surface area contributed by atoms with Crippen molar-refractivity contribution in [3.05, 3.63) is 24.0 Å². The number of aromatic nitrogens is 1. The fourth-order valence-electron chi connectivity index (χ4n) is 2.61. The van der Waals surface area contributed by atoms with E-state index in [9.17, 15) is 4.79 Å². The molecule has 2 rings (SSSR count). The number of ether oxygens (including phenoxy) is 1. The van der Waals surface area contributed by atoms with Crippen LogP contribution in [0.3, 0.4) is 0 Å². The van der Waals surface area contributed by atoms with Gasteiger partial charge in [-0.25, -0.2) is 0 Å². The normalized spacial score (nSPS) is 21.2. The van der Waals surface area contributed by atoms with E-state index in [0.29, 0.717) is 18.7 Å². The van der Waals surface area contributed by atoms with Crippen molar-refractivity contribution < 1.29 is 9.53 Å². The van der Waals surface area contributed by atoms with Gasteiger partial charge in [0, 0.05) is 37.9 Å². The van der Waals surface area contributed by atoms with E-state index in [1.807, 2.05) is 12.1 Å². The quantitative estimate of drug-likeness (QED) is 0.666. The van der Waals surface area contributed by atoms with Crippen LogP contribution in [0.15, 0.2) is 18.3 Å². The average Bonchev–Trinajstić information content (AvgIpc) is 2.50. The van der Waals surface area contributed by atoms with Crippen LogP contribution in [0.4, 0.5) is 5.69 Å². The van der Waals surface area contributed by atoms with Crippen molar-refractivity contribution in [2.75, 3.05) is 24.5 Å². The maximum absolute atomic E-state index is 12.1. The Balaban J connectivity index is 2.00. The Morgan fingerprint density at radius 1 is 1.50 bits per heavy atom. The summed E-state index contributed by atoms with van der Waals surface area (Å²) >= 11 is 0. The summed E-state index contributed by atoms with van der Waals surface area (Å²) in [6.45, 7) is 6.32. The zero-order chi connectivity index (χ0) is 15.9. The number of nitrogens with zero attached hydrogens (tertiary/aromatic N) is 2. The molecule has 2 heterocycles. The third-order valence-electron chi connectivity index (χ3n) is 3.54. The molecule has 0 bridgehead atoms. The van der Waals surface area contributed by atoms with Gasteiger partial charge in [-0.1, -0.05) is 0 Å². The molecule has 1 aromatic heterocycles. The third-order valence-corrected chi connectivity index (χ3v) is 3.54. The zero-order valence-corrected chi connectivity index (χ0v) is 13.2. The first-order valence-electron chi connectivity index (χ1n) is 7.68. The molecule has 1 amide bonds. The molecule has 22 heavy (non-hydrogen) atoms. The molecule has 0 aliphatic carbocycles. The van der Waals surface area contributed by atoms with Crippen LogP contribution in [-0.4, -0.2) is 42.7 Å². The Bertz CT molecular complexity index is 543. The summed E-state index contributed by atoms with van der Waals surface area (Å²) in [7, 11) is 0. The number of rotatable bonds is 5.